The van der Waals surface area contributed by atoms with E-state index < -0.39 is 0 Å². The number of nitrogens with zero attached hydrogens (tertiary/aromatic N) is 1. The Kier molecular flexibility index (Phi) is 5.40. The smallest absolute Gasteiger partial charge is 0.348 e. The molecule has 142 valence electrons. The summed E-state index contributed by atoms with van der Waals surface area (Å²) in [7, 11) is 3.49. The van der Waals surface area contributed by atoms with Crippen LogP contribution >= 0.6 is 11.3 Å². The van der Waals surface area contributed by atoms with Crippen molar-refractivity contribution in [2.45, 2.75) is 25.7 Å². The molecule has 28 heavy (non-hydrogen) atoms. The molecule has 3 nitrogen and oxygen atoms in total. The van der Waals surface area contributed by atoms with E-state index in [1.807, 2.05) is 31.4 Å². The van der Waals surface area contributed by atoms with Gasteiger partial charge in [-0.2, -0.15) is 0 Å². The van der Waals surface area contributed by atoms with Gasteiger partial charge in [-0.3, -0.25) is 0 Å². The SMILES string of the molecule is COC(=O)c1sc(-c2ccccc2)cc1-c1cc[n+](C)cc1C1=CCCCC1. The number of hydrogen-bond acceptors (Lipinski definition) is 3. The van der Waals surface area contributed by atoms with Gasteiger partial charge in [-0.1, -0.05) is 36.4 Å². The fourth-order valence-electron chi connectivity index (χ4n) is 3.75. The summed E-state index contributed by atoms with van der Waals surface area (Å²) in [4.78, 5) is 14.3. The van der Waals surface area contributed by atoms with Gasteiger partial charge in [0.1, 0.15) is 11.9 Å². The van der Waals surface area contributed by atoms with Gasteiger partial charge in [-0.05, 0) is 42.9 Å². The lowest BCUT2D eigenvalue weighted by Gasteiger charge is -2.15. The van der Waals surface area contributed by atoms with Crippen LogP contribution in [0.25, 0.3) is 27.1 Å². The van der Waals surface area contributed by atoms with Crippen molar-refractivity contribution in [2.75, 3.05) is 7.11 Å². The topological polar surface area (TPSA) is 30.2 Å². The fraction of sp³-hybridized carbons (Fsp3) is 0.250. The van der Waals surface area contributed by atoms with Gasteiger partial charge < -0.3 is 4.74 Å². The number of carbonyl (C=O) groups excluding carboxylic acids is 1. The average Bonchev–Trinajstić information content (AvgIpc) is 3.19. The molecule has 4 heteroatoms. The predicted molar refractivity (Wildman–Crippen MR) is 114 cm³/mol. The lowest BCUT2D eigenvalue weighted by atomic mass is 9.89. The summed E-state index contributed by atoms with van der Waals surface area (Å²) in [6.45, 7) is 0. The van der Waals surface area contributed by atoms with Gasteiger partial charge in [0.15, 0.2) is 12.4 Å². The van der Waals surface area contributed by atoms with Gasteiger partial charge in [-0.25, -0.2) is 9.36 Å². The molecule has 0 radical (unpaired) electrons. The van der Waals surface area contributed by atoms with E-state index >= 15 is 0 Å². The molecule has 0 aliphatic heterocycles. The molecular formula is C24H24NO2S+. The quantitative estimate of drug-likeness (QED) is 0.426. The Hall–Kier alpha value is -2.72. The molecule has 4 rings (SSSR count). The zero-order valence-electron chi connectivity index (χ0n) is 16.3. The number of esters is 1. The van der Waals surface area contributed by atoms with Crippen molar-refractivity contribution in [2.24, 2.45) is 7.05 Å². The van der Waals surface area contributed by atoms with Crippen molar-refractivity contribution in [3.63, 3.8) is 0 Å². The Morgan fingerprint density at radius 2 is 1.89 bits per heavy atom. The lowest BCUT2D eigenvalue weighted by molar-refractivity contribution is -0.671. The fourth-order valence-corrected chi connectivity index (χ4v) is 4.85. The molecule has 0 fully saturated rings. The van der Waals surface area contributed by atoms with Crippen molar-refractivity contribution in [3.05, 3.63) is 71.4 Å². The van der Waals surface area contributed by atoms with Crippen molar-refractivity contribution in [1.29, 1.82) is 0 Å². The molecule has 0 saturated carbocycles. The number of thiophene rings is 1. The molecule has 0 spiro atoms. The van der Waals surface area contributed by atoms with Crippen molar-refractivity contribution in [3.8, 4) is 21.6 Å². The second-order valence-electron chi connectivity index (χ2n) is 7.12. The van der Waals surface area contributed by atoms with E-state index in [9.17, 15) is 4.79 Å². The van der Waals surface area contributed by atoms with Crippen LogP contribution in [0.15, 0.2) is 60.9 Å². The number of pyridine rings is 1. The molecule has 1 aliphatic rings. The molecule has 2 aromatic heterocycles. The first-order chi connectivity index (χ1) is 13.7. The molecule has 0 atom stereocenters. The summed E-state index contributed by atoms with van der Waals surface area (Å²) in [5.74, 6) is -0.279. The first-order valence-corrected chi connectivity index (χ1v) is 10.5. The molecule has 3 aromatic rings. The number of hydrogen-bond donors (Lipinski definition) is 0. The number of aromatic nitrogens is 1. The second kappa shape index (κ2) is 8.11. The summed E-state index contributed by atoms with van der Waals surface area (Å²) in [5, 5.41) is 0. The minimum absolute atomic E-state index is 0.279. The Morgan fingerprint density at radius 3 is 2.61 bits per heavy atom. The minimum Gasteiger partial charge on any atom is -0.465 e. The largest absolute Gasteiger partial charge is 0.465 e. The summed E-state index contributed by atoms with van der Waals surface area (Å²) < 4.78 is 7.19. The van der Waals surface area contributed by atoms with Crippen molar-refractivity contribution < 1.29 is 14.1 Å². The Balaban J connectivity index is 1.90. The third-order valence-electron chi connectivity index (χ3n) is 5.19. The van der Waals surface area contributed by atoms with E-state index in [1.165, 1.54) is 42.4 Å². The van der Waals surface area contributed by atoms with Crippen LogP contribution < -0.4 is 4.57 Å². The first kappa shape index (κ1) is 18.6. The summed E-state index contributed by atoms with van der Waals surface area (Å²) in [6, 6.07) is 14.5. The van der Waals surface area contributed by atoms with Crippen LogP contribution in [0.2, 0.25) is 0 Å². The lowest BCUT2D eigenvalue weighted by Crippen LogP contribution is -2.27. The Bertz CT molecular complexity index is 1030. The molecule has 1 aromatic carbocycles. The second-order valence-corrected chi connectivity index (χ2v) is 8.18. The zero-order chi connectivity index (χ0) is 19.5. The average molecular weight is 391 g/mol. The normalized spacial score (nSPS) is 13.9. The molecule has 2 heterocycles. The van der Waals surface area contributed by atoms with Crippen LogP contribution in [-0.2, 0) is 11.8 Å². The molecule has 0 amide bonds. The zero-order valence-corrected chi connectivity index (χ0v) is 17.1. The van der Waals surface area contributed by atoms with Crippen LogP contribution in [0.3, 0.4) is 0 Å². The van der Waals surface area contributed by atoms with Gasteiger partial charge in [-0.15, -0.1) is 11.3 Å². The van der Waals surface area contributed by atoms with Crippen LogP contribution in [0.4, 0.5) is 0 Å². The van der Waals surface area contributed by atoms with Crippen LogP contribution in [0.5, 0.6) is 0 Å². The number of rotatable bonds is 4. The van der Waals surface area contributed by atoms with Gasteiger partial charge >= 0.3 is 5.97 Å². The number of methoxy groups -OCH3 is 1. The highest BCUT2D eigenvalue weighted by Gasteiger charge is 2.23. The van der Waals surface area contributed by atoms with E-state index in [1.54, 1.807) is 0 Å². The summed E-state index contributed by atoms with van der Waals surface area (Å²) >= 11 is 1.50. The van der Waals surface area contributed by atoms with E-state index in [0.717, 1.165) is 34.4 Å². The maximum atomic E-state index is 12.6. The van der Waals surface area contributed by atoms with Gasteiger partial charge in [0, 0.05) is 27.6 Å². The number of allylic oxidation sites excluding steroid dienone is 2. The van der Waals surface area contributed by atoms with E-state index in [4.69, 9.17) is 4.74 Å². The number of ether oxygens (including phenoxy) is 1. The molecule has 0 saturated heterocycles. The molecular weight excluding hydrogens is 366 g/mol. The maximum Gasteiger partial charge on any atom is 0.348 e. The van der Waals surface area contributed by atoms with Crippen LogP contribution in [-0.4, -0.2) is 13.1 Å². The standard InChI is InChI=1S/C24H24NO2S/c1-25-14-13-19(21(16-25)17-9-5-3-6-10-17)20-15-22(18-11-7-4-8-12-18)28-23(20)24(26)27-2/h4,7-9,11-16H,3,5-6,10H2,1-2H3/q+1. The first-order valence-electron chi connectivity index (χ1n) is 9.64. The monoisotopic (exact) mass is 390 g/mol. The van der Waals surface area contributed by atoms with Gasteiger partial charge in [0.2, 0.25) is 0 Å². The highest BCUT2D eigenvalue weighted by molar-refractivity contribution is 7.17. The summed E-state index contributed by atoms with van der Waals surface area (Å²) in [6.07, 6.45) is 11.2. The van der Waals surface area contributed by atoms with E-state index in [2.05, 4.69) is 41.1 Å². The minimum atomic E-state index is -0.279. The third-order valence-corrected chi connectivity index (χ3v) is 6.35. The summed E-state index contributed by atoms with van der Waals surface area (Å²) in [5.41, 5.74) is 5.76. The highest BCUT2D eigenvalue weighted by atomic mass is 32.1. The van der Waals surface area contributed by atoms with E-state index in [0.29, 0.717) is 4.88 Å². The number of carbonyl (C=O) groups is 1. The maximum absolute atomic E-state index is 12.6. The Labute approximate surface area is 169 Å². The highest BCUT2D eigenvalue weighted by Crippen LogP contribution is 2.41. The molecule has 0 N–H and O–H groups in total. The molecule has 0 bridgehead atoms. The predicted octanol–water partition coefficient (Wildman–Crippen LogP) is 5.65. The van der Waals surface area contributed by atoms with Crippen molar-refractivity contribution in [1.82, 2.24) is 0 Å². The Morgan fingerprint density at radius 1 is 1.07 bits per heavy atom. The third kappa shape index (κ3) is 3.65. The van der Waals surface area contributed by atoms with E-state index in [-0.39, 0.29) is 5.97 Å². The van der Waals surface area contributed by atoms with Crippen molar-refractivity contribution >= 4 is 22.9 Å². The number of benzene rings is 1. The molecule has 1 aliphatic carbocycles. The van der Waals surface area contributed by atoms with Gasteiger partial charge in [0.25, 0.3) is 0 Å². The van der Waals surface area contributed by atoms with Gasteiger partial charge in [0.05, 0.1) is 7.11 Å². The van der Waals surface area contributed by atoms with Crippen LogP contribution in [0, 0.1) is 0 Å². The number of aryl methyl sites for hydroxylation is 1. The molecule has 0 unspecified atom stereocenters. The van der Waals surface area contributed by atoms with Crippen LogP contribution in [0.1, 0.15) is 40.9 Å².